The van der Waals surface area contributed by atoms with Gasteiger partial charge in [0.2, 0.25) is 5.28 Å². The fraction of sp³-hybridized carbons (Fsp3) is 0.500. The summed E-state index contributed by atoms with van der Waals surface area (Å²) in [5, 5.41) is 0.215. The van der Waals surface area contributed by atoms with Gasteiger partial charge in [-0.15, -0.1) is 0 Å². The van der Waals surface area contributed by atoms with Crippen molar-refractivity contribution in [3.8, 4) is 0 Å². The molecule has 1 saturated heterocycles. The Bertz CT molecular complexity index is 937. The molecule has 4 rings (SSSR count). The van der Waals surface area contributed by atoms with Crippen LogP contribution in [-0.4, -0.2) is 52.7 Å². The van der Waals surface area contributed by atoms with Crippen LogP contribution in [0.5, 0.6) is 0 Å². The number of ether oxygens (including phenoxy) is 1. The molecule has 2 aromatic rings. The number of fused-ring (bicyclic) bond motifs is 1. The molecule has 0 spiro atoms. The number of piperazine rings is 1. The molecule has 1 atom stereocenters. The van der Waals surface area contributed by atoms with Gasteiger partial charge in [-0.2, -0.15) is 0 Å². The van der Waals surface area contributed by atoms with E-state index < -0.39 is 5.60 Å². The zero-order valence-corrected chi connectivity index (χ0v) is 18.2. The lowest BCUT2D eigenvalue weighted by Gasteiger charge is -2.36. The van der Waals surface area contributed by atoms with Crippen LogP contribution in [0, 0.1) is 5.82 Å². The highest BCUT2D eigenvalue weighted by atomic mass is 35.5. The standard InChI is InChI=1S/C22H26ClFN4O2/c1-22(2,3)30-21(29)28-12-10-27(11-13-28)19-17-9-8-16(18(17)25-20(23)26-19)14-4-6-15(24)7-5-14/h4-7,16H,8-13H2,1-3H3. The molecule has 160 valence electrons. The molecule has 1 aliphatic heterocycles. The largest absolute Gasteiger partial charge is 0.444 e. The van der Waals surface area contributed by atoms with Gasteiger partial charge in [0, 0.05) is 37.7 Å². The molecule has 0 N–H and O–H groups in total. The van der Waals surface area contributed by atoms with Gasteiger partial charge in [-0.25, -0.2) is 19.2 Å². The number of nitrogens with zero attached hydrogens (tertiary/aromatic N) is 4. The van der Waals surface area contributed by atoms with Crippen LogP contribution in [0.3, 0.4) is 0 Å². The Morgan fingerprint density at radius 1 is 1.13 bits per heavy atom. The number of amides is 1. The predicted molar refractivity (Wildman–Crippen MR) is 114 cm³/mol. The Balaban J connectivity index is 1.52. The van der Waals surface area contributed by atoms with Gasteiger partial charge >= 0.3 is 6.09 Å². The first kappa shape index (κ1) is 20.8. The third-order valence-corrected chi connectivity index (χ3v) is 5.68. The van der Waals surface area contributed by atoms with Crippen LogP contribution in [-0.2, 0) is 11.2 Å². The number of carbonyl (C=O) groups is 1. The SMILES string of the molecule is CC(C)(C)OC(=O)N1CCN(c2nc(Cl)nc3c2CCC3c2ccc(F)cc2)CC1. The van der Waals surface area contributed by atoms with E-state index in [0.29, 0.717) is 26.2 Å². The fourth-order valence-electron chi connectivity index (χ4n) is 4.12. The van der Waals surface area contributed by atoms with Crippen molar-refractivity contribution in [2.75, 3.05) is 31.1 Å². The van der Waals surface area contributed by atoms with E-state index >= 15 is 0 Å². The van der Waals surface area contributed by atoms with Gasteiger partial charge in [-0.1, -0.05) is 12.1 Å². The third kappa shape index (κ3) is 4.36. The van der Waals surface area contributed by atoms with E-state index in [1.165, 1.54) is 12.1 Å². The lowest BCUT2D eigenvalue weighted by atomic mass is 9.97. The second-order valence-corrected chi connectivity index (χ2v) is 9.12. The van der Waals surface area contributed by atoms with E-state index in [1.807, 2.05) is 32.9 Å². The predicted octanol–water partition coefficient (Wildman–Crippen LogP) is 4.40. The molecule has 1 aromatic carbocycles. The van der Waals surface area contributed by atoms with Crippen molar-refractivity contribution in [3.63, 3.8) is 0 Å². The van der Waals surface area contributed by atoms with Crippen LogP contribution < -0.4 is 4.90 Å². The first-order valence-corrected chi connectivity index (χ1v) is 10.6. The molecule has 2 heterocycles. The highest BCUT2D eigenvalue weighted by Gasteiger charge is 2.33. The summed E-state index contributed by atoms with van der Waals surface area (Å²) in [6.45, 7) is 8.03. The van der Waals surface area contributed by atoms with E-state index in [1.54, 1.807) is 4.90 Å². The molecule has 1 aliphatic carbocycles. The Labute approximate surface area is 181 Å². The first-order valence-electron chi connectivity index (χ1n) is 10.3. The Morgan fingerprint density at radius 2 is 1.80 bits per heavy atom. The first-order chi connectivity index (χ1) is 14.2. The minimum absolute atomic E-state index is 0.0860. The number of carbonyl (C=O) groups excluding carboxylic acids is 1. The molecule has 0 radical (unpaired) electrons. The average Bonchev–Trinajstić information content (AvgIpc) is 3.10. The van der Waals surface area contributed by atoms with Crippen molar-refractivity contribution in [2.24, 2.45) is 0 Å². The number of rotatable bonds is 2. The van der Waals surface area contributed by atoms with E-state index in [4.69, 9.17) is 16.3 Å². The second kappa shape index (κ2) is 8.02. The van der Waals surface area contributed by atoms with Crippen molar-refractivity contribution in [3.05, 3.63) is 52.2 Å². The lowest BCUT2D eigenvalue weighted by Crippen LogP contribution is -2.50. The molecule has 2 aliphatic rings. The number of hydrogen-bond donors (Lipinski definition) is 0. The van der Waals surface area contributed by atoms with Crippen molar-refractivity contribution in [2.45, 2.75) is 45.1 Å². The van der Waals surface area contributed by atoms with E-state index in [0.717, 1.165) is 35.5 Å². The van der Waals surface area contributed by atoms with Gasteiger partial charge in [0.1, 0.15) is 17.2 Å². The number of halogens is 2. The highest BCUT2D eigenvalue weighted by Crippen LogP contribution is 2.41. The van der Waals surface area contributed by atoms with Gasteiger partial charge in [0.15, 0.2) is 0 Å². The summed E-state index contributed by atoms with van der Waals surface area (Å²) in [6.07, 6.45) is 1.45. The smallest absolute Gasteiger partial charge is 0.410 e. The summed E-state index contributed by atoms with van der Waals surface area (Å²) in [4.78, 5) is 25.3. The summed E-state index contributed by atoms with van der Waals surface area (Å²) in [5.74, 6) is 0.683. The van der Waals surface area contributed by atoms with Crippen LogP contribution in [0.4, 0.5) is 15.0 Å². The van der Waals surface area contributed by atoms with Crippen LogP contribution in [0.25, 0.3) is 0 Å². The molecular weight excluding hydrogens is 407 g/mol. The van der Waals surface area contributed by atoms with Gasteiger partial charge in [-0.05, 0) is 62.9 Å². The van der Waals surface area contributed by atoms with Crippen molar-refractivity contribution < 1.29 is 13.9 Å². The number of benzene rings is 1. The molecule has 30 heavy (non-hydrogen) atoms. The normalized spacial score (nSPS) is 19.0. The molecule has 0 bridgehead atoms. The lowest BCUT2D eigenvalue weighted by molar-refractivity contribution is 0.0240. The van der Waals surface area contributed by atoms with Crippen LogP contribution in [0.15, 0.2) is 24.3 Å². The topological polar surface area (TPSA) is 58.6 Å². The molecule has 1 fully saturated rings. The summed E-state index contributed by atoms with van der Waals surface area (Å²) in [6, 6.07) is 6.58. The maximum Gasteiger partial charge on any atom is 0.410 e. The van der Waals surface area contributed by atoms with Gasteiger partial charge in [0.05, 0.1) is 5.69 Å². The summed E-state index contributed by atoms with van der Waals surface area (Å²) < 4.78 is 18.8. The molecule has 1 aromatic heterocycles. The average molecular weight is 433 g/mol. The molecule has 0 saturated carbocycles. The molecule has 6 nitrogen and oxygen atoms in total. The summed E-state index contributed by atoms with van der Waals surface area (Å²) >= 11 is 6.28. The molecule has 1 unspecified atom stereocenters. The van der Waals surface area contributed by atoms with E-state index in [-0.39, 0.29) is 23.1 Å². The van der Waals surface area contributed by atoms with E-state index in [2.05, 4.69) is 14.9 Å². The van der Waals surface area contributed by atoms with Crippen molar-refractivity contribution in [1.29, 1.82) is 0 Å². The maximum absolute atomic E-state index is 13.3. The quantitative estimate of drug-likeness (QED) is 0.658. The summed E-state index contributed by atoms with van der Waals surface area (Å²) in [7, 11) is 0. The van der Waals surface area contributed by atoms with Gasteiger partial charge < -0.3 is 14.5 Å². The van der Waals surface area contributed by atoms with Crippen LogP contribution >= 0.6 is 11.6 Å². The summed E-state index contributed by atoms with van der Waals surface area (Å²) in [5.41, 5.74) is 2.54. The van der Waals surface area contributed by atoms with Crippen LogP contribution in [0.1, 0.15) is 49.9 Å². The Morgan fingerprint density at radius 3 is 2.43 bits per heavy atom. The van der Waals surface area contributed by atoms with Gasteiger partial charge in [0.25, 0.3) is 0 Å². The zero-order chi connectivity index (χ0) is 21.5. The third-order valence-electron chi connectivity index (χ3n) is 5.51. The second-order valence-electron chi connectivity index (χ2n) is 8.78. The minimum atomic E-state index is -0.509. The van der Waals surface area contributed by atoms with Crippen molar-refractivity contribution >= 4 is 23.5 Å². The van der Waals surface area contributed by atoms with Crippen LogP contribution in [0.2, 0.25) is 5.28 Å². The zero-order valence-electron chi connectivity index (χ0n) is 17.5. The molecular formula is C22H26ClFN4O2. The van der Waals surface area contributed by atoms with Gasteiger partial charge in [-0.3, -0.25) is 0 Å². The monoisotopic (exact) mass is 432 g/mol. The molecule has 1 amide bonds. The number of anilines is 1. The van der Waals surface area contributed by atoms with E-state index in [9.17, 15) is 9.18 Å². The minimum Gasteiger partial charge on any atom is -0.444 e. The number of hydrogen-bond acceptors (Lipinski definition) is 5. The Hall–Kier alpha value is -2.41. The number of aromatic nitrogens is 2. The maximum atomic E-state index is 13.3. The Kier molecular flexibility index (Phi) is 5.57. The molecule has 8 heteroatoms. The van der Waals surface area contributed by atoms with Crippen molar-refractivity contribution in [1.82, 2.24) is 14.9 Å². The fourth-order valence-corrected chi connectivity index (χ4v) is 4.29. The highest BCUT2D eigenvalue weighted by molar-refractivity contribution is 6.28.